The molecule has 372 valence electrons. The van der Waals surface area contributed by atoms with E-state index in [4.69, 9.17) is 42.9 Å². The Bertz CT molecular complexity index is 3080. The van der Waals surface area contributed by atoms with Gasteiger partial charge in [-0.05, 0) is 35.1 Å². The number of aromatic carboxylic acids is 1. The van der Waals surface area contributed by atoms with Gasteiger partial charge in [-0.25, -0.2) is 60.4 Å². The molecule has 0 aromatic carbocycles. The van der Waals surface area contributed by atoms with Gasteiger partial charge in [0.05, 0.1) is 38.6 Å². The van der Waals surface area contributed by atoms with Crippen molar-refractivity contribution in [2.75, 3.05) is 27.4 Å². The maximum Gasteiger partial charge on any atom is 0.360 e. The first-order valence-electron chi connectivity index (χ1n) is 19.7. The minimum absolute atomic E-state index is 0.0362. The second-order valence-electron chi connectivity index (χ2n) is 16.7. The monoisotopic (exact) mass is 1040 g/mol. The molecule has 6 aromatic heterocycles. The fourth-order valence-corrected chi connectivity index (χ4v) is 7.38. The average Bonchev–Trinajstić information content (AvgIpc) is 4.08. The van der Waals surface area contributed by atoms with Gasteiger partial charge in [0.25, 0.3) is 15.9 Å². The van der Waals surface area contributed by atoms with Crippen LogP contribution in [0.1, 0.15) is 83.2 Å². The van der Waals surface area contributed by atoms with Crippen molar-refractivity contribution in [3.05, 3.63) is 94.0 Å². The number of hydrogen-bond acceptors (Lipinski definition) is 18. The van der Waals surface area contributed by atoms with Gasteiger partial charge in [-0.3, -0.25) is 14.2 Å². The molecule has 6 rings (SSSR count). The first-order valence-corrected chi connectivity index (χ1v) is 23.5. The number of methoxy groups -OCH3 is 2. The highest BCUT2D eigenvalue weighted by molar-refractivity contribution is 7.90. The summed E-state index contributed by atoms with van der Waals surface area (Å²) in [6.45, 7) is 13.3. The fraction of sp³-hybridized carbons (Fsp3) is 0.350. The van der Waals surface area contributed by atoms with Crippen LogP contribution in [-0.2, 0) is 43.6 Å². The van der Waals surface area contributed by atoms with E-state index in [9.17, 15) is 36.0 Å². The lowest BCUT2D eigenvalue weighted by molar-refractivity contribution is 0.0580. The van der Waals surface area contributed by atoms with Crippen LogP contribution in [0.25, 0.3) is 11.6 Å². The quantitative estimate of drug-likeness (QED) is 0.109. The van der Waals surface area contributed by atoms with Gasteiger partial charge in [0, 0.05) is 51.0 Å². The van der Waals surface area contributed by atoms with Crippen LogP contribution < -0.4 is 19.3 Å². The van der Waals surface area contributed by atoms with E-state index in [0.29, 0.717) is 30.8 Å². The molecule has 1 amide bonds. The van der Waals surface area contributed by atoms with Crippen molar-refractivity contribution in [3.63, 3.8) is 0 Å². The maximum absolute atomic E-state index is 12.7. The Morgan fingerprint density at radius 2 is 1.07 bits per heavy atom. The molecule has 0 unspecified atom stereocenters. The summed E-state index contributed by atoms with van der Waals surface area (Å²) in [6, 6.07) is 9.04. The number of carboxylic acid groups (broad SMARTS) is 1. The lowest BCUT2D eigenvalue weighted by Gasteiger charge is -2.17. The minimum atomic E-state index is -4.47. The standard InChI is InChI=1S/C20H23ClN6O6S.C14H16ClN3O3.C6H9N3O4S/c1-20(2,3)11-33-15-8-9-27(23-15)14-7-6-12(17(21)22-14)18(28)25-34(30,31)13-10-26(4)24-16(13)19(29)32-5;1-14(2,3)8-21-11-6-7-18(17-11)10-5-4-9(13(19)20)12(15)16-10;1-9-3-4(14(7,11)12)5(8-9)6(10)13-2/h6-10H,11H2,1-5H3,(H,25,28);4-7H,8H2,1-3H3,(H,19,20);3H,1-2H3,(H2,7,11,12). The smallest absolute Gasteiger partial charge is 0.360 e. The number of esters is 2. The number of halogens is 2. The molecule has 0 aliphatic rings. The zero-order valence-corrected chi connectivity index (χ0v) is 41.8. The SMILES string of the molecule is CC(C)(C)COc1ccn(-c2ccc(C(=O)O)c(Cl)n2)n1.COC(=O)c1nn(C)cc1S(=O)(=O)NC(=O)c1ccc(-n2ccc(OCC(C)(C)C)n2)nc1Cl.COC(=O)c1nn(C)cc1S(N)(=O)=O. The predicted octanol–water partition coefficient (Wildman–Crippen LogP) is 3.88. The van der Waals surface area contributed by atoms with Crippen molar-refractivity contribution in [1.29, 1.82) is 0 Å². The average molecular weight is 1040 g/mol. The number of carbonyl (C=O) groups is 4. The van der Waals surface area contributed by atoms with Gasteiger partial charge >= 0.3 is 17.9 Å². The van der Waals surface area contributed by atoms with Crippen molar-refractivity contribution in [3.8, 4) is 23.4 Å². The number of pyridine rings is 2. The fourth-order valence-electron chi connectivity index (χ4n) is 5.08. The number of rotatable bonds is 13. The number of hydrogen-bond donors (Lipinski definition) is 3. The third-order valence-electron chi connectivity index (χ3n) is 8.22. The Morgan fingerprint density at radius 1 is 0.667 bits per heavy atom. The van der Waals surface area contributed by atoms with Crippen LogP contribution in [-0.4, -0.2) is 122 Å². The van der Waals surface area contributed by atoms with Crippen molar-refractivity contribution < 1.29 is 60.1 Å². The van der Waals surface area contributed by atoms with Gasteiger partial charge in [-0.1, -0.05) is 64.7 Å². The van der Waals surface area contributed by atoms with E-state index in [-0.39, 0.29) is 48.7 Å². The number of nitrogens with two attached hydrogens (primary N) is 1. The second-order valence-corrected chi connectivity index (χ2v) is 20.6. The van der Waals surface area contributed by atoms with Crippen molar-refractivity contribution in [2.45, 2.75) is 51.3 Å². The highest BCUT2D eigenvalue weighted by atomic mass is 35.5. The normalized spacial score (nSPS) is 11.6. The summed E-state index contributed by atoms with van der Waals surface area (Å²) in [7, 11) is -3.32. The molecule has 6 aromatic rings. The first kappa shape index (κ1) is 54.7. The van der Waals surface area contributed by atoms with Gasteiger partial charge in [0.15, 0.2) is 23.0 Å². The van der Waals surface area contributed by atoms with E-state index in [2.05, 4.69) is 60.6 Å². The second kappa shape index (κ2) is 22.0. The van der Waals surface area contributed by atoms with Gasteiger partial charge < -0.3 is 24.1 Å². The molecular weight excluding hydrogens is 992 g/mol. The number of carboxylic acids is 1. The molecule has 0 saturated heterocycles. The molecule has 29 heteroatoms. The Morgan fingerprint density at radius 3 is 1.45 bits per heavy atom. The van der Waals surface area contributed by atoms with E-state index in [0.717, 1.165) is 31.3 Å². The van der Waals surface area contributed by atoms with E-state index >= 15 is 0 Å². The van der Waals surface area contributed by atoms with Crippen molar-refractivity contribution >= 4 is 67.1 Å². The Labute approximate surface area is 405 Å². The number of nitrogens with one attached hydrogen (secondary N) is 1. The molecule has 0 bridgehead atoms. The van der Waals surface area contributed by atoms with Crippen molar-refractivity contribution in [1.82, 2.24) is 53.8 Å². The third kappa shape index (κ3) is 15.3. The molecule has 0 spiro atoms. The van der Waals surface area contributed by atoms with E-state index in [1.165, 1.54) is 52.4 Å². The number of nitrogens with zero attached hydrogens (tertiary/aromatic N) is 10. The van der Waals surface area contributed by atoms with Gasteiger partial charge in [-0.2, -0.15) is 10.2 Å². The molecule has 6 heterocycles. The maximum atomic E-state index is 12.7. The Hall–Kier alpha value is -6.94. The van der Waals surface area contributed by atoms with Gasteiger partial charge in [-0.15, -0.1) is 10.2 Å². The third-order valence-corrected chi connectivity index (χ3v) is 11.0. The predicted molar refractivity (Wildman–Crippen MR) is 245 cm³/mol. The summed E-state index contributed by atoms with van der Waals surface area (Å²) >= 11 is 12.0. The van der Waals surface area contributed by atoms with Gasteiger partial charge in [0.1, 0.15) is 20.1 Å². The topological polar surface area (TPSA) is 329 Å². The van der Waals surface area contributed by atoms with Crippen molar-refractivity contribution in [2.24, 2.45) is 30.1 Å². The molecule has 69 heavy (non-hydrogen) atoms. The zero-order chi connectivity index (χ0) is 51.8. The van der Waals surface area contributed by atoms with Crippen LogP contribution in [0.4, 0.5) is 0 Å². The first-order chi connectivity index (χ1) is 31.9. The zero-order valence-electron chi connectivity index (χ0n) is 38.7. The highest BCUT2D eigenvalue weighted by Gasteiger charge is 2.30. The van der Waals surface area contributed by atoms with E-state index in [1.54, 1.807) is 24.5 Å². The summed E-state index contributed by atoms with van der Waals surface area (Å²) in [4.78, 5) is 53.7. The number of aromatic nitrogens is 10. The number of amides is 1. The van der Waals surface area contributed by atoms with Crippen LogP contribution >= 0.6 is 23.2 Å². The summed E-state index contributed by atoms with van der Waals surface area (Å²) in [5.41, 5.74) is -1.03. The van der Waals surface area contributed by atoms with Crippen LogP contribution in [0.15, 0.2) is 71.0 Å². The Kier molecular flexibility index (Phi) is 17.4. The van der Waals surface area contributed by atoms with Gasteiger partial charge in [0.2, 0.25) is 21.8 Å². The minimum Gasteiger partial charge on any atom is -0.478 e. The van der Waals surface area contributed by atoms with E-state index in [1.807, 2.05) is 25.5 Å². The summed E-state index contributed by atoms with van der Waals surface area (Å²) < 4.78 is 74.6. The largest absolute Gasteiger partial charge is 0.478 e. The lowest BCUT2D eigenvalue weighted by atomic mass is 9.99. The molecule has 25 nitrogen and oxygen atoms in total. The lowest BCUT2D eigenvalue weighted by Crippen LogP contribution is -2.31. The molecule has 0 fully saturated rings. The van der Waals surface area contributed by atoms with Crippen LogP contribution in [0.3, 0.4) is 0 Å². The number of aryl methyl sites for hydroxylation is 2. The molecule has 4 N–H and O–H groups in total. The molecule has 0 aliphatic carbocycles. The molecule has 0 radical (unpaired) electrons. The molecule has 0 saturated carbocycles. The molecule has 0 aliphatic heterocycles. The van der Waals surface area contributed by atoms with E-state index < -0.39 is 54.5 Å². The molecule has 0 atom stereocenters. The van der Waals surface area contributed by atoms with Crippen LogP contribution in [0, 0.1) is 10.8 Å². The highest BCUT2D eigenvalue weighted by Crippen LogP contribution is 2.23. The number of primary sulfonamides is 1. The summed E-state index contributed by atoms with van der Waals surface area (Å²) in [5.74, 6) is -2.39. The molecular formula is C40H48Cl2N12O13S2. The summed E-state index contributed by atoms with van der Waals surface area (Å²) in [5, 5.41) is 29.3. The number of carbonyl (C=O) groups excluding carboxylic acids is 3. The Balaban J connectivity index is 0.000000251. The van der Waals surface area contributed by atoms with Crippen LogP contribution in [0.2, 0.25) is 10.3 Å². The number of sulfonamides is 2. The number of ether oxygens (including phenoxy) is 4. The summed E-state index contributed by atoms with van der Waals surface area (Å²) in [6.07, 6.45) is 5.50. The van der Waals surface area contributed by atoms with Crippen LogP contribution in [0.5, 0.6) is 11.8 Å².